The first-order chi connectivity index (χ1) is 17.5. The topological polar surface area (TPSA) is 92.2 Å². The van der Waals surface area contributed by atoms with Gasteiger partial charge in [-0.25, -0.2) is 0 Å². The molecule has 2 aliphatic rings. The molecule has 3 heterocycles. The van der Waals surface area contributed by atoms with Gasteiger partial charge in [0, 0.05) is 44.1 Å². The Kier molecular flexibility index (Phi) is 8.72. The third kappa shape index (κ3) is 5.77. The lowest BCUT2D eigenvalue weighted by Gasteiger charge is -2.29. The number of unbranched alkanes of at least 4 members (excludes halogenated alkanes) is 1. The number of aliphatic hydroxyl groups is 1. The number of ketones is 1. The van der Waals surface area contributed by atoms with Crippen LogP contribution in [0.15, 0.2) is 48.3 Å². The molecule has 2 saturated heterocycles. The molecule has 1 aromatic heterocycles. The molecule has 192 valence electrons. The average Bonchev–Trinajstić information content (AvgIpc) is 3.15. The maximum Gasteiger partial charge on any atom is 0.295 e. The molecule has 1 N–H and O–H groups in total. The zero-order chi connectivity index (χ0) is 25.5. The molecule has 0 radical (unpaired) electrons. The van der Waals surface area contributed by atoms with Gasteiger partial charge in [0.15, 0.2) is 0 Å². The average molecular weight is 494 g/mol. The highest BCUT2D eigenvalue weighted by atomic mass is 16.5. The van der Waals surface area contributed by atoms with E-state index in [4.69, 9.17) is 9.47 Å². The predicted octanol–water partition coefficient (Wildman–Crippen LogP) is 3.71. The smallest absolute Gasteiger partial charge is 0.295 e. The van der Waals surface area contributed by atoms with Gasteiger partial charge >= 0.3 is 0 Å². The van der Waals surface area contributed by atoms with Crippen LogP contribution in [-0.2, 0) is 14.3 Å². The molecule has 2 aromatic rings. The lowest BCUT2D eigenvalue weighted by Crippen LogP contribution is -2.38. The summed E-state index contributed by atoms with van der Waals surface area (Å²) in [5.74, 6) is -0.679. The number of pyridine rings is 1. The second-order valence-corrected chi connectivity index (χ2v) is 9.26. The third-order valence-electron chi connectivity index (χ3n) is 6.74. The number of hydrogen-bond donors (Lipinski definition) is 1. The van der Waals surface area contributed by atoms with Crippen LogP contribution >= 0.6 is 0 Å². The van der Waals surface area contributed by atoms with Crippen LogP contribution in [-0.4, -0.2) is 77.6 Å². The number of carbonyl (C=O) groups excluding carboxylic acids is 2. The molecule has 1 aromatic carbocycles. The fourth-order valence-corrected chi connectivity index (χ4v) is 4.73. The number of likely N-dealkylation sites (tertiary alicyclic amines) is 1. The number of carbonyl (C=O) groups is 2. The third-order valence-corrected chi connectivity index (χ3v) is 6.74. The summed E-state index contributed by atoms with van der Waals surface area (Å²) in [6, 6.07) is 8.24. The summed E-state index contributed by atoms with van der Waals surface area (Å²) in [4.78, 5) is 34.3. The van der Waals surface area contributed by atoms with E-state index in [0.717, 1.165) is 55.8 Å². The highest BCUT2D eigenvalue weighted by molar-refractivity contribution is 6.46. The molecule has 0 unspecified atom stereocenters. The van der Waals surface area contributed by atoms with Crippen LogP contribution in [0.5, 0.6) is 5.75 Å². The fraction of sp³-hybridized carbons (Fsp3) is 0.464. The Bertz CT molecular complexity index is 1100. The van der Waals surface area contributed by atoms with Gasteiger partial charge in [-0.3, -0.25) is 19.5 Å². The number of rotatable bonds is 10. The number of morpholine rings is 1. The maximum atomic E-state index is 13.2. The zero-order valence-corrected chi connectivity index (χ0v) is 21.1. The van der Waals surface area contributed by atoms with Crippen LogP contribution in [0.1, 0.15) is 48.9 Å². The minimum absolute atomic E-state index is 0.108. The number of ether oxygens (including phenoxy) is 2. The summed E-state index contributed by atoms with van der Waals surface area (Å²) in [6.45, 7) is 9.02. The lowest BCUT2D eigenvalue weighted by atomic mass is 9.95. The monoisotopic (exact) mass is 493 g/mol. The summed E-state index contributed by atoms with van der Waals surface area (Å²) in [6.07, 6.45) is 5.99. The fourth-order valence-electron chi connectivity index (χ4n) is 4.73. The van der Waals surface area contributed by atoms with Crippen molar-refractivity contribution in [2.45, 2.75) is 39.2 Å². The number of Topliss-reactive ketones (excluding diaryl/α,β-unsaturated/α-hetero) is 1. The molecule has 2 fully saturated rings. The van der Waals surface area contributed by atoms with Crippen molar-refractivity contribution in [2.75, 3.05) is 46.0 Å². The molecule has 1 atom stereocenters. The molecule has 0 aliphatic carbocycles. The second kappa shape index (κ2) is 12.1. The molecule has 0 bridgehead atoms. The SMILES string of the molecule is CCCCOc1ccc(C(O)=C2C(=O)C(=O)N(CCCN3CCOCC3)[C@@H]2c2ccncc2)cc1C. The van der Waals surface area contributed by atoms with Crippen LogP contribution in [0, 0.1) is 6.92 Å². The molecular formula is C28H35N3O5. The molecule has 0 saturated carbocycles. The molecule has 1 amide bonds. The van der Waals surface area contributed by atoms with E-state index in [2.05, 4.69) is 16.8 Å². The van der Waals surface area contributed by atoms with E-state index in [1.54, 1.807) is 47.6 Å². The van der Waals surface area contributed by atoms with Gasteiger partial charge in [0.25, 0.3) is 11.7 Å². The number of aryl methyl sites for hydroxylation is 1. The van der Waals surface area contributed by atoms with Gasteiger partial charge in [-0.05, 0) is 61.2 Å². The van der Waals surface area contributed by atoms with Crippen molar-refractivity contribution in [3.8, 4) is 5.75 Å². The standard InChI is InChI=1S/C28H35N3O5/c1-3-4-16-36-23-7-6-22(19-20(23)2)26(32)24-25(21-8-10-29-11-9-21)31(28(34)27(24)33)13-5-12-30-14-17-35-18-15-30/h6-11,19,25,32H,3-5,12-18H2,1-2H3/t25-/m1/s1. The van der Waals surface area contributed by atoms with Crippen molar-refractivity contribution in [2.24, 2.45) is 0 Å². The van der Waals surface area contributed by atoms with E-state index in [-0.39, 0.29) is 11.3 Å². The molecule has 2 aliphatic heterocycles. The number of benzene rings is 1. The second-order valence-electron chi connectivity index (χ2n) is 9.26. The lowest BCUT2D eigenvalue weighted by molar-refractivity contribution is -0.140. The number of hydrogen-bond acceptors (Lipinski definition) is 7. The van der Waals surface area contributed by atoms with Crippen molar-refractivity contribution in [1.82, 2.24) is 14.8 Å². The summed E-state index contributed by atoms with van der Waals surface area (Å²) in [7, 11) is 0. The van der Waals surface area contributed by atoms with Gasteiger partial charge in [-0.2, -0.15) is 0 Å². The van der Waals surface area contributed by atoms with Gasteiger partial charge < -0.3 is 19.5 Å². The highest BCUT2D eigenvalue weighted by Crippen LogP contribution is 2.39. The number of aromatic nitrogens is 1. The minimum atomic E-state index is -0.668. The van der Waals surface area contributed by atoms with Gasteiger partial charge in [0.05, 0.1) is 31.4 Å². The van der Waals surface area contributed by atoms with E-state index >= 15 is 0 Å². The van der Waals surface area contributed by atoms with Gasteiger partial charge in [0.1, 0.15) is 11.5 Å². The zero-order valence-electron chi connectivity index (χ0n) is 21.1. The molecular weight excluding hydrogens is 458 g/mol. The van der Waals surface area contributed by atoms with Crippen LogP contribution in [0.4, 0.5) is 0 Å². The van der Waals surface area contributed by atoms with Crippen LogP contribution in [0.25, 0.3) is 5.76 Å². The number of nitrogens with zero attached hydrogens (tertiary/aromatic N) is 3. The Morgan fingerprint density at radius 2 is 1.86 bits per heavy atom. The van der Waals surface area contributed by atoms with Crippen molar-refractivity contribution >= 4 is 17.4 Å². The summed E-state index contributed by atoms with van der Waals surface area (Å²) >= 11 is 0. The van der Waals surface area contributed by atoms with Crippen LogP contribution < -0.4 is 4.74 Å². The first-order valence-electron chi connectivity index (χ1n) is 12.7. The van der Waals surface area contributed by atoms with Crippen molar-refractivity contribution in [3.05, 3.63) is 65.0 Å². The quantitative estimate of drug-likeness (QED) is 0.233. The number of amides is 1. The van der Waals surface area contributed by atoms with Gasteiger partial charge in [0.2, 0.25) is 0 Å². The molecule has 4 rings (SSSR count). The first-order valence-corrected chi connectivity index (χ1v) is 12.7. The Hall–Kier alpha value is -3.23. The molecule has 0 spiro atoms. The van der Waals surface area contributed by atoms with Gasteiger partial charge in [-0.1, -0.05) is 13.3 Å². The Labute approximate surface area is 212 Å². The van der Waals surface area contributed by atoms with Crippen LogP contribution in [0.2, 0.25) is 0 Å². The van der Waals surface area contributed by atoms with Crippen molar-refractivity contribution in [1.29, 1.82) is 0 Å². The van der Waals surface area contributed by atoms with E-state index in [1.165, 1.54) is 0 Å². The van der Waals surface area contributed by atoms with Crippen molar-refractivity contribution < 1.29 is 24.2 Å². The summed E-state index contributed by atoms with van der Waals surface area (Å²) in [5, 5.41) is 11.3. The van der Waals surface area contributed by atoms with E-state index in [9.17, 15) is 14.7 Å². The molecule has 36 heavy (non-hydrogen) atoms. The highest BCUT2D eigenvalue weighted by Gasteiger charge is 2.45. The summed E-state index contributed by atoms with van der Waals surface area (Å²) < 4.78 is 11.2. The molecule has 8 nitrogen and oxygen atoms in total. The Morgan fingerprint density at radius 1 is 1.11 bits per heavy atom. The minimum Gasteiger partial charge on any atom is -0.507 e. The Morgan fingerprint density at radius 3 is 2.56 bits per heavy atom. The van der Waals surface area contributed by atoms with E-state index < -0.39 is 17.7 Å². The largest absolute Gasteiger partial charge is 0.507 e. The maximum absolute atomic E-state index is 13.2. The van der Waals surface area contributed by atoms with E-state index in [1.807, 2.05) is 6.92 Å². The van der Waals surface area contributed by atoms with Crippen molar-refractivity contribution in [3.63, 3.8) is 0 Å². The predicted molar refractivity (Wildman–Crippen MR) is 137 cm³/mol. The Balaban J connectivity index is 1.62. The molecule has 8 heteroatoms. The summed E-state index contributed by atoms with van der Waals surface area (Å²) in [5.41, 5.74) is 2.20. The first kappa shape index (κ1) is 25.9. The van der Waals surface area contributed by atoms with E-state index in [0.29, 0.717) is 31.9 Å². The number of aliphatic hydroxyl groups excluding tert-OH is 1. The normalized spacial score (nSPS) is 20.2. The van der Waals surface area contributed by atoms with Gasteiger partial charge in [-0.15, -0.1) is 0 Å². The van der Waals surface area contributed by atoms with Crippen LogP contribution in [0.3, 0.4) is 0 Å².